The second kappa shape index (κ2) is 9.27. The number of nitrogens with one attached hydrogen (secondary N) is 1. The first-order valence-corrected chi connectivity index (χ1v) is 9.20. The molecule has 1 amide bonds. The summed E-state index contributed by atoms with van der Waals surface area (Å²) in [6.07, 6.45) is 1.20. The summed E-state index contributed by atoms with van der Waals surface area (Å²) in [7, 11) is 0. The Balaban J connectivity index is 1.81. The molecule has 2 aromatic rings. The van der Waals surface area contributed by atoms with Crippen molar-refractivity contribution in [3.05, 3.63) is 34.8 Å². The van der Waals surface area contributed by atoms with Gasteiger partial charge in [0, 0.05) is 24.3 Å². The normalized spacial score (nSPS) is 10.7. The number of ether oxygens (including phenoxy) is 1. The smallest absolute Gasteiger partial charge is 0.226 e. The zero-order valence-corrected chi connectivity index (χ0v) is 15.6. The molecule has 0 fully saturated rings. The van der Waals surface area contributed by atoms with E-state index in [4.69, 9.17) is 4.74 Å². The quantitative estimate of drug-likeness (QED) is 0.681. The highest BCUT2D eigenvalue weighted by Crippen LogP contribution is 2.22. The zero-order chi connectivity index (χ0) is 18.2. The Morgan fingerprint density at radius 1 is 1.16 bits per heavy atom. The SMILES string of the molecule is CCCOc1ccc(C(=O)CCC(=O)Nc2nnc(C(C)C)s2)cc1. The van der Waals surface area contributed by atoms with Gasteiger partial charge in [0.15, 0.2) is 5.78 Å². The third kappa shape index (κ3) is 5.94. The topological polar surface area (TPSA) is 81.2 Å². The maximum Gasteiger partial charge on any atom is 0.226 e. The molecule has 0 aliphatic rings. The molecule has 6 nitrogen and oxygen atoms in total. The minimum absolute atomic E-state index is 0.0719. The third-order valence-corrected chi connectivity index (χ3v) is 4.55. The van der Waals surface area contributed by atoms with Crippen molar-refractivity contribution in [3.8, 4) is 5.75 Å². The molecular formula is C18H23N3O3S. The van der Waals surface area contributed by atoms with Crippen LogP contribution >= 0.6 is 11.3 Å². The number of carbonyl (C=O) groups is 2. The molecule has 0 radical (unpaired) electrons. The maximum absolute atomic E-state index is 12.2. The zero-order valence-electron chi connectivity index (χ0n) is 14.7. The second-order valence-electron chi connectivity index (χ2n) is 5.94. The Morgan fingerprint density at radius 2 is 1.88 bits per heavy atom. The Hall–Kier alpha value is -2.28. The van der Waals surface area contributed by atoms with E-state index in [1.165, 1.54) is 11.3 Å². The lowest BCUT2D eigenvalue weighted by atomic mass is 10.1. The summed E-state index contributed by atoms with van der Waals surface area (Å²) in [6.45, 7) is 6.72. The Labute approximate surface area is 151 Å². The number of carbonyl (C=O) groups excluding carboxylic acids is 2. The van der Waals surface area contributed by atoms with E-state index in [1.54, 1.807) is 24.3 Å². The number of nitrogens with zero attached hydrogens (tertiary/aromatic N) is 2. The highest BCUT2D eigenvalue weighted by atomic mass is 32.1. The second-order valence-corrected chi connectivity index (χ2v) is 6.95. The average molecular weight is 361 g/mol. The van der Waals surface area contributed by atoms with Crippen molar-refractivity contribution in [1.29, 1.82) is 0 Å². The van der Waals surface area contributed by atoms with Gasteiger partial charge in [-0.1, -0.05) is 32.1 Å². The number of hydrogen-bond donors (Lipinski definition) is 1. The first kappa shape index (κ1) is 19.1. The van der Waals surface area contributed by atoms with E-state index >= 15 is 0 Å². The van der Waals surface area contributed by atoms with Crippen molar-refractivity contribution in [2.24, 2.45) is 0 Å². The van der Waals surface area contributed by atoms with Gasteiger partial charge < -0.3 is 10.1 Å². The lowest BCUT2D eigenvalue weighted by Gasteiger charge is -2.05. The van der Waals surface area contributed by atoms with E-state index in [2.05, 4.69) is 15.5 Å². The third-order valence-electron chi connectivity index (χ3n) is 3.41. The van der Waals surface area contributed by atoms with Crippen molar-refractivity contribution in [3.63, 3.8) is 0 Å². The molecule has 2 rings (SSSR count). The maximum atomic E-state index is 12.2. The number of hydrogen-bond acceptors (Lipinski definition) is 6. The van der Waals surface area contributed by atoms with Gasteiger partial charge >= 0.3 is 0 Å². The van der Waals surface area contributed by atoms with Crippen LogP contribution in [-0.2, 0) is 4.79 Å². The molecule has 25 heavy (non-hydrogen) atoms. The van der Waals surface area contributed by atoms with Crippen molar-refractivity contribution < 1.29 is 14.3 Å². The minimum atomic E-state index is -0.234. The predicted molar refractivity (Wildman–Crippen MR) is 98.4 cm³/mol. The summed E-state index contributed by atoms with van der Waals surface area (Å²) < 4.78 is 5.49. The molecular weight excluding hydrogens is 338 g/mol. The van der Waals surface area contributed by atoms with E-state index in [1.807, 2.05) is 20.8 Å². The Kier molecular flexibility index (Phi) is 7.06. The first-order chi connectivity index (χ1) is 12.0. The minimum Gasteiger partial charge on any atom is -0.494 e. The van der Waals surface area contributed by atoms with Crippen LogP contribution in [0.5, 0.6) is 5.75 Å². The standard InChI is InChI=1S/C18H23N3O3S/c1-4-11-24-14-7-5-13(6-8-14)15(22)9-10-16(23)19-18-21-20-17(25-18)12(2)3/h5-8,12H,4,9-11H2,1-3H3,(H,19,21,23). The molecule has 0 atom stereocenters. The number of rotatable bonds is 9. The molecule has 0 spiro atoms. The number of anilines is 1. The van der Waals surface area contributed by atoms with Gasteiger partial charge in [0.2, 0.25) is 11.0 Å². The average Bonchev–Trinajstić information content (AvgIpc) is 3.07. The van der Waals surface area contributed by atoms with Gasteiger partial charge in [-0.3, -0.25) is 9.59 Å². The van der Waals surface area contributed by atoms with E-state index < -0.39 is 0 Å². The summed E-state index contributed by atoms with van der Waals surface area (Å²) in [6, 6.07) is 7.01. The molecule has 1 aromatic carbocycles. The van der Waals surface area contributed by atoms with Crippen LogP contribution in [-0.4, -0.2) is 28.5 Å². The van der Waals surface area contributed by atoms with Crippen molar-refractivity contribution in [2.45, 2.75) is 46.0 Å². The van der Waals surface area contributed by atoms with E-state index in [0.29, 0.717) is 17.3 Å². The number of aromatic nitrogens is 2. The highest BCUT2D eigenvalue weighted by Gasteiger charge is 2.13. The van der Waals surface area contributed by atoms with Crippen LogP contribution in [0.15, 0.2) is 24.3 Å². The number of Topliss-reactive ketones (excluding diaryl/α,β-unsaturated/α-hetero) is 1. The fourth-order valence-electron chi connectivity index (χ4n) is 2.03. The van der Waals surface area contributed by atoms with Crippen LogP contribution in [0.2, 0.25) is 0 Å². The molecule has 134 valence electrons. The van der Waals surface area contributed by atoms with Gasteiger partial charge in [0.25, 0.3) is 0 Å². The van der Waals surface area contributed by atoms with Crippen molar-refractivity contribution in [2.75, 3.05) is 11.9 Å². The molecule has 1 aromatic heterocycles. The van der Waals surface area contributed by atoms with Gasteiger partial charge in [-0.25, -0.2) is 0 Å². The molecule has 0 unspecified atom stereocenters. The van der Waals surface area contributed by atoms with Crippen molar-refractivity contribution >= 4 is 28.2 Å². The van der Waals surface area contributed by atoms with Crippen LogP contribution in [0.25, 0.3) is 0 Å². The summed E-state index contributed by atoms with van der Waals surface area (Å²) in [4.78, 5) is 24.1. The van der Waals surface area contributed by atoms with Crippen LogP contribution in [0.3, 0.4) is 0 Å². The number of benzene rings is 1. The number of ketones is 1. The fourth-order valence-corrected chi connectivity index (χ4v) is 2.79. The molecule has 1 N–H and O–H groups in total. The summed E-state index contributed by atoms with van der Waals surface area (Å²) in [5.41, 5.74) is 0.578. The first-order valence-electron chi connectivity index (χ1n) is 8.39. The molecule has 0 saturated carbocycles. The molecule has 0 aliphatic carbocycles. The summed E-state index contributed by atoms with van der Waals surface area (Å²) in [5, 5.41) is 12.0. The monoisotopic (exact) mass is 361 g/mol. The van der Waals surface area contributed by atoms with E-state index in [0.717, 1.165) is 17.2 Å². The van der Waals surface area contributed by atoms with Gasteiger partial charge in [0.1, 0.15) is 10.8 Å². The summed E-state index contributed by atoms with van der Waals surface area (Å²) >= 11 is 1.35. The molecule has 7 heteroatoms. The van der Waals surface area contributed by atoms with Crippen LogP contribution in [0.4, 0.5) is 5.13 Å². The summed E-state index contributed by atoms with van der Waals surface area (Å²) in [5.74, 6) is 0.711. The molecule has 0 aliphatic heterocycles. The van der Waals surface area contributed by atoms with Crippen LogP contribution in [0, 0.1) is 0 Å². The Morgan fingerprint density at radius 3 is 2.48 bits per heavy atom. The van der Waals surface area contributed by atoms with Crippen LogP contribution in [0.1, 0.15) is 61.3 Å². The fraction of sp³-hybridized carbons (Fsp3) is 0.444. The number of amides is 1. The molecule has 1 heterocycles. The lowest BCUT2D eigenvalue weighted by Crippen LogP contribution is -2.13. The Bertz CT molecular complexity index is 711. The van der Waals surface area contributed by atoms with E-state index in [-0.39, 0.29) is 30.4 Å². The predicted octanol–water partition coefficient (Wildman–Crippen LogP) is 4.05. The van der Waals surface area contributed by atoms with E-state index in [9.17, 15) is 9.59 Å². The lowest BCUT2D eigenvalue weighted by molar-refractivity contribution is -0.116. The molecule has 0 bridgehead atoms. The van der Waals surface area contributed by atoms with Gasteiger partial charge in [-0.15, -0.1) is 10.2 Å². The molecule has 0 saturated heterocycles. The highest BCUT2D eigenvalue weighted by molar-refractivity contribution is 7.15. The van der Waals surface area contributed by atoms with Crippen LogP contribution < -0.4 is 10.1 Å². The van der Waals surface area contributed by atoms with Crippen molar-refractivity contribution in [1.82, 2.24) is 10.2 Å². The largest absolute Gasteiger partial charge is 0.494 e. The van der Waals surface area contributed by atoms with Gasteiger partial charge in [-0.2, -0.15) is 0 Å². The van der Waals surface area contributed by atoms with Gasteiger partial charge in [-0.05, 0) is 30.7 Å². The van der Waals surface area contributed by atoms with Gasteiger partial charge in [0.05, 0.1) is 6.61 Å².